The summed E-state index contributed by atoms with van der Waals surface area (Å²) in [5.41, 5.74) is 2.36. The number of esters is 1. The minimum Gasteiger partial charge on any atom is -0.460 e. The highest BCUT2D eigenvalue weighted by molar-refractivity contribution is 7.17. The van der Waals surface area contributed by atoms with Gasteiger partial charge in [0.2, 0.25) is 0 Å². The summed E-state index contributed by atoms with van der Waals surface area (Å²) in [6.07, 6.45) is 6.60. The number of ether oxygens (including phenoxy) is 1. The molecular weight excluding hydrogens is 454 g/mol. The first kappa shape index (κ1) is 22.0. The Labute approximate surface area is 199 Å². The van der Waals surface area contributed by atoms with Gasteiger partial charge < -0.3 is 10.1 Å². The Hall–Kier alpha value is -3.85. The van der Waals surface area contributed by atoms with E-state index in [1.807, 2.05) is 0 Å². The molecule has 3 heterocycles. The summed E-state index contributed by atoms with van der Waals surface area (Å²) in [4.78, 5) is 57.0. The number of carbonyl (C=O) groups is 4. The number of nitrogens with zero attached hydrogens (tertiary/aromatic N) is 2. The van der Waals surface area contributed by atoms with E-state index in [1.54, 1.807) is 42.6 Å². The molecule has 9 heteroatoms. The van der Waals surface area contributed by atoms with Crippen LogP contribution in [0.1, 0.15) is 64.7 Å². The molecule has 0 bridgehead atoms. The van der Waals surface area contributed by atoms with Gasteiger partial charge in [-0.05, 0) is 55.5 Å². The molecule has 0 saturated carbocycles. The van der Waals surface area contributed by atoms with Gasteiger partial charge in [-0.1, -0.05) is 12.1 Å². The number of anilines is 1. The second-order valence-corrected chi connectivity index (χ2v) is 9.16. The Kier molecular flexibility index (Phi) is 5.93. The molecule has 3 aromatic rings. The van der Waals surface area contributed by atoms with Crippen LogP contribution in [0.4, 0.5) is 5.00 Å². The van der Waals surface area contributed by atoms with Crippen LogP contribution in [0.2, 0.25) is 0 Å². The molecule has 0 unspecified atom stereocenters. The Morgan fingerprint density at radius 2 is 1.76 bits per heavy atom. The van der Waals surface area contributed by atoms with E-state index in [2.05, 4.69) is 10.3 Å². The van der Waals surface area contributed by atoms with E-state index in [4.69, 9.17) is 4.74 Å². The largest absolute Gasteiger partial charge is 0.460 e. The molecule has 172 valence electrons. The van der Waals surface area contributed by atoms with Crippen molar-refractivity contribution in [2.45, 2.75) is 25.7 Å². The number of thiophene rings is 1. The fourth-order valence-electron chi connectivity index (χ4n) is 4.29. The van der Waals surface area contributed by atoms with E-state index in [9.17, 15) is 19.2 Å². The Morgan fingerprint density at radius 1 is 1.03 bits per heavy atom. The van der Waals surface area contributed by atoms with Crippen molar-refractivity contribution in [1.29, 1.82) is 0 Å². The maximum Gasteiger partial charge on any atom is 0.341 e. The summed E-state index contributed by atoms with van der Waals surface area (Å²) in [5.74, 6) is -1.72. The average Bonchev–Trinajstić information content (AvgIpc) is 3.35. The van der Waals surface area contributed by atoms with E-state index in [0.717, 1.165) is 41.0 Å². The third-order valence-electron chi connectivity index (χ3n) is 5.95. The van der Waals surface area contributed by atoms with Gasteiger partial charge in [0.25, 0.3) is 17.7 Å². The van der Waals surface area contributed by atoms with Crippen molar-refractivity contribution < 1.29 is 23.9 Å². The number of fused-ring (bicyclic) bond motifs is 2. The van der Waals surface area contributed by atoms with Crippen molar-refractivity contribution in [2.24, 2.45) is 0 Å². The number of amides is 3. The Bertz CT molecular complexity index is 1270. The van der Waals surface area contributed by atoms with Gasteiger partial charge in [0.05, 0.1) is 28.8 Å². The highest BCUT2D eigenvalue weighted by Gasteiger charge is 2.35. The van der Waals surface area contributed by atoms with Crippen LogP contribution in [-0.2, 0) is 17.6 Å². The third kappa shape index (κ3) is 3.99. The lowest BCUT2D eigenvalue weighted by Gasteiger charge is -2.15. The van der Waals surface area contributed by atoms with Gasteiger partial charge in [-0.25, -0.2) is 4.79 Å². The maximum absolute atomic E-state index is 13.1. The summed E-state index contributed by atoms with van der Waals surface area (Å²) < 4.78 is 5.50. The smallest absolute Gasteiger partial charge is 0.341 e. The topological polar surface area (TPSA) is 106 Å². The summed E-state index contributed by atoms with van der Waals surface area (Å²) in [5, 5.41) is 3.29. The summed E-state index contributed by atoms with van der Waals surface area (Å²) in [7, 11) is 0. The fraction of sp³-hybridized carbons (Fsp3) is 0.240. The van der Waals surface area contributed by atoms with E-state index in [0.29, 0.717) is 27.3 Å². The minimum atomic E-state index is -0.572. The van der Waals surface area contributed by atoms with Crippen LogP contribution in [0.5, 0.6) is 0 Å². The molecule has 8 nitrogen and oxygen atoms in total. The monoisotopic (exact) mass is 475 g/mol. The fourth-order valence-corrected chi connectivity index (χ4v) is 5.56. The molecule has 1 aromatic carbocycles. The van der Waals surface area contributed by atoms with Crippen molar-refractivity contribution in [3.8, 4) is 0 Å². The second-order valence-electron chi connectivity index (χ2n) is 8.05. The molecule has 0 spiro atoms. The van der Waals surface area contributed by atoms with Crippen molar-refractivity contribution >= 4 is 40.0 Å². The second kappa shape index (κ2) is 9.18. The highest BCUT2D eigenvalue weighted by Crippen LogP contribution is 2.38. The number of aromatic nitrogens is 1. The van der Waals surface area contributed by atoms with Gasteiger partial charge in [-0.3, -0.25) is 24.3 Å². The van der Waals surface area contributed by atoms with E-state index in [1.165, 1.54) is 17.5 Å². The first-order chi connectivity index (χ1) is 16.5. The van der Waals surface area contributed by atoms with Crippen LogP contribution in [0.15, 0.2) is 48.8 Å². The Balaban J connectivity index is 1.31. The lowest BCUT2D eigenvalue weighted by molar-refractivity contribution is 0.0420. The number of hydrogen-bond donors (Lipinski definition) is 1. The molecule has 2 aliphatic rings. The minimum absolute atomic E-state index is 0.0399. The molecule has 1 aliphatic heterocycles. The zero-order valence-corrected chi connectivity index (χ0v) is 19.0. The van der Waals surface area contributed by atoms with Crippen molar-refractivity contribution in [2.75, 3.05) is 18.5 Å². The van der Waals surface area contributed by atoms with Gasteiger partial charge in [0.15, 0.2) is 0 Å². The molecule has 5 rings (SSSR count). The van der Waals surface area contributed by atoms with Crippen LogP contribution < -0.4 is 5.32 Å². The lowest BCUT2D eigenvalue weighted by atomic mass is 9.95. The van der Waals surface area contributed by atoms with E-state index in [-0.39, 0.29) is 19.1 Å². The molecular formula is C25H21N3O5S. The molecule has 34 heavy (non-hydrogen) atoms. The number of pyridine rings is 1. The van der Waals surface area contributed by atoms with Gasteiger partial charge in [0.1, 0.15) is 11.6 Å². The third-order valence-corrected chi connectivity index (χ3v) is 7.16. The molecule has 1 aliphatic carbocycles. The number of rotatable bonds is 6. The zero-order valence-electron chi connectivity index (χ0n) is 18.2. The summed E-state index contributed by atoms with van der Waals surface area (Å²) in [6, 6.07) is 9.94. The van der Waals surface area contributed by atoms with Gasteiger partial charge in [0, 0.05) is 17.3 Å². The number of carbonyl (C=O) groups excluding carboxylic acids is 4. The number of nitrogens with one attached hydrogen (secondary N) is 1. The van der Waals surface area contributed by atoms with Crippen LogP contribution in [0.25, 0.3) is 0 Å². The van der Waals surface area contributed by atoms with Crippen LogP contribution in [-0.4, -0.2) is 46.7 Å². The molecule has 0 atom stereocenters. The zero-order chi connectivity index (χ0) is 23.7. The normalized spacial score (nSPS) is 14.5. The van der Waals surface area contributed by atoms with Crippen molar-refractivity contribution in [3.63, 3.8) is 0 Å². The predicted molar refractivity (Wildman–Crippen MR) is 125 cm³/mol. The quantitative estimate of drug-likeness (QED) is 0.430. The number of imide groups is 1. The predicted octanol–water partition coefficient (Wildman–Crippen LogP) is 3.73. The maximum atomic E-state index is 13.1. The molecule has 2 aromatic heterocycles. The number of hydrogen-bond acceptors (Lipinski definition) is 7. The standard InChI is InChI=1S/C25H21N3O5S/c29-21(15-6-5-11-26-14-15)27-22-20(18-9-3-4-10-19(18)34-22)25(32)33-13-12-28-23(30)16-7-1-2-8-17(16)24(28)31/h1-2,5-8,11,14H,3-4,9-10,12-13H2,(H,27,29). The van der Waals surface area contributed by atoms with Gasteiger partial charge >= 0.3 is 5.97 Å². The SMILES string of the molecule is O=C(Nc1sc2c(c1C(=O)OCCN1C(=O)c3ccccc3C1=O)CCCC2)c1cccnc1. The summed E-state index contributed by atoms with van der Waals surface area (Å²) >= 11 is 1.39. The molecule has 0 radical (unpaired) electrons. The lowest BCUT2D eigenvalue weighted by Crippen LogP contribution is -2.33. The van der Waals surface area contributed by atoms with Crippen molar-refractivity contribution in [3.05, 3.63) is 81.5 Å². The average molecular weight is 476 g/mol. The molecule has 3 amide bonds. The van der Waals surface area contributed by atoms with Crippen LogP contribution >= 0.6 is 11.3 Å². The molecule has 0 fully saturated rings. The summed E-state index contributed by atoms with van der Waals surface area (Å²) in [6.45, 7) is -0.174. The first-order valence-electron chi connectivity index (χ1n) is 11.0. The van der Waals surface area contributed by atoms with E-state index >= 15 is 0 Å². The van der Waals surface area contributed by atoms with Crippen molar-refractivity contribution in [1.82, 2.24) is 9.88 Å². The van der Waals surface area contributed by atoms with Crippen LogP contribution in [0, 0.1) is 0 Å². The molecule has 0 saturated heterocycles. The number of benzene rings is 1. The highest BCUT2D eigenvalue weighted by atomic mass is 32.1. The Morgan fingerprint density at radius 3 is 2.47 bits per heavy atom. The van der Waals surface area contributed by atoms with Crippen LogP contribution in [0.3, 0.4) is 0 Å². The molecule has 1 N–H and O–H groups in total. The number of aryl methyl sites for hydroxylation is 1. The van der Waals surface area contributed by atoms with Gasteiger partial charge in [-0.2, -0.15) is 0 Å². The van der Waals surface area contributed by atoms with Gasteiger partial charge in [-0.15, -0.1) is 11.3 Å². The first-order valence-corrected chi connectivity index (χ1v) is 11.8. The van der Waals surface area contributed by atoms with E-state index < -0.39 is 17.8 Å².